The van der Waals surface area contributed by atoms with Gasteiger partial charge in [0.15, 0.2) is 0 Å². The highest BCUT2D eigenvalue weighted by Crippen LogP contribution is 2.32. The van der Waals surface area contributed by atoms with Crippen LogP contribution >= 0.6 is 0 Å². The molecule has 2 N–H and O–H groups in total. The fourth-order valence-electron chi connectivity index (χ4n) is 3.87. The summed E-state index contributed by atoms with van der Waals surface area (Å²) in [5, 5.41) is 2.90. The lowest BCUT2D eigenvalue weighted by Crippen LogP contribution is -2.48. The molecule has 6 nitrogen and oxygen atoms in total. The van der Waals surface area contributed by atoms with E-state index in [4.69, 9.17) is 0 Å². The van der Waals surface area contributed by atoms with E-state index in [1.54, 1.807) is 0 Å². The van der Waals surface area contributed by atoms with Gasteiger partial charge in [0.1, 0.15) is 5.69 Å². The molecule has 1 aromatic heterocycles. The Labute approximate surface area is 130 Å². The first-order valence-corrected chi connectivity index (χ1v) is 8.30. The molecule has 3 rings (SSSR count). The number of nitrogens with one attached hydrogen (secondary N) is 2. The second kappa shape index (κ2) is 7.05. The molecule has 0 saturated carbocycles. The average Bonchev–Trinajstić information content (AvgIpc) is 2.55. The van der Waals surface area contributed by atoms with Crippen LogP contribution in [-0.2, 0) is 0 Å². The number of amides is 1. The molecule has 0 unspecified atom stereocenters. The maximum absolute atomic E-state index is 12.0. The second-order valence-electron chi connectivity index (χ2n) is 6.36. The lowest BCUT2D eigenvalue weighted by molar-refractivity contribution is 0.0554. The first-order valence-electron chi connectivity index (χ1n) is 8.30. The minimum atomic E-state index is -0.349. The molecule has 0 aromatic carbocycles. The quantitative estimate of drug-likeness (QED) is 0.875. The molecule has 2 atom stereocenters. The smallest absolute Gasteiger partial charge is 0.269 e. The molecule has 120 valence electrons. The van der Waals surface area contributed by atoms with E-state index < -0.39 is 0 Å². The number of piperidine rings is 2. The van der Waals surface area contributed by atoms with Gasteiger partial charge in [0, 0.05) is 12.6 Å². The molecule has 0 radical (unpaired) electrons. The van der Waals surface area contributed by atoms with Crippen molar-refractivity contribution in [2.75, 3.05) is 19.6 Å². The summed E-state index contributed by atoms with van der Waals surface area (Å²) >= 11 is 0. The van der Waals surface area contributed by atoms with Crippen molar-refractivity contribution in [3.05, 3.63) is 28.4 Å². The molecular weight excluding hydrogens is 280 g/mol. The van der Waals surface area contributed by atoms with E-state index in [0.29, 0.717) is 18.5 Å². The van der Waals surface area contributed by atoms with Crippen molar-refractivity contribution in [2.24, 2.45) is 5.92 Å². The molecule has 22 heavy (non-hydrogen) atoms. The summed E-state index contributed by atoms with van der Waals surface area (Å²) in [6.07, 6.45) is 10.1. The third-order valence-electron chi connectivity index (χ3n) is 4.93. The third-order valence-corrected chi connectivity index (χ3v) is 4.93. The van der Waals surface area contributed by atoms with Crippen molar-refractivity contribution in [1.82, 2.24) is 20.2 Å². The van der Waals surface area contributed by atoms with Gasteiger partial charge in [-0.3, -0.25) is 14.6 Å². The Hall–Kier alpha value is -1.69. The summed E-state index contributed by atoms with van der Waals surface area (Å²) in [6, 6.07) is 0.706. The summed E-state index contributed by atoms with van der Waals surface area (Å²) in [4.78, 5) is 32.0. The van der Waals surface area contributed by atoms with Crippen molar-refractivity contribution < 1.29 is 4.79 Å². The molecule has 2 aliphatic heterocycles. The number of rotatable bonds is 4. The Kier molecular flexibility index (Phi) is 4.87. The van der Waals surface area contributed by atoms with Gasteiger partial charge >= 0.3 is 0 Å². The van der Waals surface area contributed by atoms with E-state index in [2.05, 4.69) is 20.2 Å². The van der Waals surface area contributed by atoms with Gasteiger partial charge in [-0.2, -0.15) is 0 Å². The first-order chi connectivity index (χ1) is 10.7. The maximum atomic E-state index is 12.0. The van der Waals surface area contributed by atoms with Crippen LogP contribution in [0.3, 0.4) is 0 Å². The zero-order chi connectivity index (χ0) is 15.4. The predicted molar refractivity (Wildman–Crippen MR) is 83.7 cm³/mol. The Morgan fingerprint density at radius 3 is 3.00 bits per heavy atom. The van der Waals surface area contributed by atoms with Crippen LogP contribution in [0.2, 0.25) is 0 Å². The van der Waals surface area contributed by atoms with Gasteiger partial charge in [-0.05, 0) is 51.1 Å². The van der Waals surface area contributed by atoms with Crippen LogP contribution in [0.25, 0.3) is 0 Å². The summed E-state index contributed by atoms with van der Waals surface area (Å²) in [6.45, 7) is 3.14. The Morgan fingerprint density at radius 1 is 1.27 bits per heavy atom. The number of hydrogen-bond donors (Lipinski definition) is 2. The summed E-state index contributed by atoms with van der Waals surface area (Å²) < 4.78 is 0. The highest BCUT2D eigenvalue weighted by molar-refractivity contribution is 5.91. The Balaban J connectivity index is 1.50. The van der Waals surface area contributed by atoms with Crippen molar-refractivity contribution in [1.29, 1.82) is 0 Å². The Morgan fingerprint density at radius 2 is 2.14 bits per heavy atom. The zero-order valence-corrected chi connectivity index (χ0v) is 12.9. The van der Waals surface area contributed by atoms with Crippen molar-refractivity contribution >= 4 is 5.91 Å². The lowest BCUT2D eigenvalue weighted by atomic mass is 9.82. The molecule has 2 fully saturated rings. The van der Waals surface area contributed by atoms with Gasteiger partial charge in [0.05, 0.1) is 12.4 Å². The monoisotopic (exact) mass is 304 g/mol. The van der Waals surface area contributed by atoms with Gasteiger partial charge in [-0.1, -0.05) is 6.42 Å². The minimum Gasteiger partial charge on any atom is -0.351 e. The Bertz CT molecular complexity index is 569. The fourth-order valence-corrected chi connectivity index (χ4v) is 3.87. The zero-order valence-electron chi connectivity index (χ0n) is 12.9. The highest BCUT2D eigenvalue weighted by Gasteiger charge is 2.32. The second-order valence-corrected chi connectivity index (χ2v) is 6.36. The van der Waals surface area contributed by atoms with E-state index in [-0.39, 0.29) is 17.2 Å². The van der Waals surface area contributed by atoms with E-state index in [0.717, 1.165) is 12.6 Å². The molecule has 1 amide bonds. The first kappa shape index (κ1) is 15.2. The van der Waals surface area contributed by atoms with E-state index in [1.165, 1.54) is 51.4 Å². The van der Waals surface area contributed by atoms with Crippen LogP contribution in [0.1, 0.15) is 49.0 Å². The van der Waals surface area contributed by atoms with Gasteiger partial charge < -0.3 is 15.2 Å². The molecule has 6 heteroatoms. The number of hydrogen-bond acceptors (Lipinski definition) is 4. The molecular formula is C16H24N4O2. The van der Waals surface area contributed by atoms with Gasteiger partial charge in [-0.25, -0.2) is 0 Å². The molecule has 2 aliphatic rings. The highest BCUT2D eigenvalue weighted by atomic mass is 16.2. The maximum Gasteiger partial charge on any atom is 0.269 e. The average molecular weight is 304 g/mol. The number of carbonyl (C=O) groups is 1. The fraction of sp³-hybridized carbons (Fsp3) is 0.688. The van der Waals surface area contributed by atoms with Crippen LogP contribution < -0.4 is 10.9 Å². The third kappa shape index (κ3) is 3.55. The van der Waals surface area contributed by atoms with Crippen LogP contribution in [0.4, 0.5) is 0 Å². The van der Waals surface area contributed by atoms with Crippen LogP contribution in [0.15, 0.2) is 17.2 Å². The number of aromatic nitrogens is 2. The summed E-state index contributed by atoms with van der Waals surface area (Å²) in [5.74, 6) is 0.434. The van der Waals surface area contributed by atoms with E-state index in [9.17, 15) is 9.59 Å². The lowest BCUT2D eigenvalue weighted by Gasteiger charge is -2.44. The molecule has 3 heterocycles. The standard InChI is InChI=1S/C16H24N4O2/c21-15-11-17-10-13(19-15)16(22)18-7-6-12-4-3-9-20-8-2-1-5-14(12)20/h10-12,14H,1-9H2,(H,18,22)(H,19,21)/t12-,14+/m0/s1. The topological polar surface area (TPSA) is 78.1 Å². The summed E-state index contributed by atoms with van der Waals surface area (Å²) in [7, 11) is 0. The normalized spacial score (nSPS) is 25.5. The molecule has 0 spiro atoms. The van der Waals surface area contributed by atoms with E-state index in [1.807, 2.05) is 0 Å². The van der Waals surface area contributed by atoms with Crippen LogP contribution in [0.5, 0.6) is 0 Å². The SMILES string of the molecule is O=C(NCC[C@@H]1CCCN2CCCC[C@H]12)c1cncc(=O)[nH]1. The molecule has 0 aliphatic carbocycles. The van der Waals surface area contributed by atoms with Crippen molar-refractivity contribution in [3.8, 4) is 0 Å². The van der Waals surface area contributed by atoms with Crippen molar-refractivity contribution in [3.63, 3.8) is 0 Å². The molecule has 2 saturated heterocycles. The number of aromatic amines is 1. The largest absolute Gasteiger partial charge is 0.351 e. The predicted octanol–water partition coefficient (Wildman–Crippen LogP) is 1.15. The van der Waals surface area contributed by atoms with Gasteiger partial charge in [-0.15, -0.1) is 0 Å². The van der Waals surface area contributed by atoms with E-state index >= 15 is 0 Å². The number of fused-ring (bicyclic) bond motifs is 1. The number of H-pyrrole nitrogens is 1. The summed E-state index contributed by atoms with van der Waals surface area (Å²) in [5.41, 5.74) is -0.117. The molecule has 1 aromatic rings. The minimum absolute atomic E-state index is 0.232. The van der Waals surface area contributed by atoms with Crippen LogP contribution in [-0.4, -0.2) is 46.5 Å². The number of carbonyl (C=O) groups excluding carboxylic acids is 1. The van der Waals surface area contributed by atoms with Gasteiger partial charge in [0.2, 0.25) is 0 Å². The van der Waals surface area contributed by atoms with Crippen LogP contribution in [0, 0.1) is 5.92 Å². The molecule has 0 bridgehead atoms. The number of nitrogens with zero attached hydrogens (tertiary/aromatic N) is 2. The van der Waals surface area contributed by atoms with Crippen molar-refractivity contribution in [2.45, 2.75) is 44.6 Å². The van der Waals surface area contributed by atoms with Gasteiger partial charge in [0.25, 0.3) is 11.5 Å².